The van der Waals surface area contributed by atoms with Gasteiger partial charge < -0.3 is 4.90 Å². The summed E-state index contributed by atoms with van der Waals surface area (Å²) >= 11 is 0. The van der Waals surface area contributed by atoms with Gasteiger partial charge in [0.25, 0.3) is 0 Å². The van der Waals surface area contributed by atoms with E-state index in [0.29, 0.717) is 11.6 Å². The van der Waals surface area contributed by atoms with E-state index in [4.69, 9.17) is 10.6 Å². The lowest BCUT2D eigenvalue weighted by Crippen LogP contribution is -2.45. The van der Waals surface area contributed by atoms with Crippen LogP contribution in [0.2, 0.25) is 0 Å². The monoisotopic (exact) mass is 618 g/mol. The summed E-state index contributed by atoms with van der Waals surface area (Å²) in [6, 6.07) is 6.15. The molecule has 2 aliphatic carbocycles. The number of quaternary nitrogens is 1. The van der Waals surface area contributed by atoms with Crippen LogP contribution in [-0.2, 0) is 43.1 Å². The molecule has 5 rings (SSSR count). The summed E-state index contributed by atoms with van der Waals surface area (Å²) in [6.07, 6.45) is -1.19. The first-order chi connectivity index (χ1) is 19.3. The van der Waals surface area contributed by atoms with Crippen LogP contribution in [0.5, 0.6) is 0 Å². The molecule has 0 spiro atoms. The second-order valence-electron chi connectivity index (χ2n) is 11.8. The first-order valence-electron chi connectivity index (χ1n) is 14.5. The maximum absolute atomic E-state index is 13.7. The smallest absolute Gasteiger partial charge is 0.371 e. The molecule has 2 N–H and O–H groups in total. The SMILES string of the molecule is CCN(CC1CCCC1)c1cc2c(cc1C[N+]1(Cc3cc(C(F)(F)F)cc(C(F)(F)F)c3)OC(N)C=C1C)CCC2.Cl. The number of anilines is 1. The lowest BCUT2D eigenvalue weighted by molar-refractivity contribution is -1.09. The standard InChI is InChI=1S/C31H38F6N3O.ClH/c1-3-39(17-21-7-4-5-8-21)28-15-24-10-6-9-23(24)14-25(28)19-40(20(2)11-29(38)41-40)18-22-12-26(30(32,33)34)16-27(13-22)31(35,36)37;/h11-16,21,29H,3-10,17-19,38H2,1-2H3;1H/q+1;. The maximum Gasteiger partial charge on any atom is 0.416 e. The Morgan fingerprint density at radius 3 is 2.00 bits per heavy atom. The van der Waals surface area contributed by atoms with E-state index in [9.17, 15) is 26.3 Å². The molecule has 2 aromatic carbocycles. The lowest BCUT2D eigenvalue weighted by Gasteiger charge is -2.35. The molecule has 4 nitrogen and oxygen atoms in total. The molecule has 0 aromatic heterocycles. The summed E-state index contributed by atoms with van der Waals surface area (Å²) in [6.45, 7) is 5.60. The number of alkyl halides is 6. The molecule has 3 aliphatic rings. The Bertz CT molecular complexity index is 1270. The van der Waals surface area contributed by atoms with Crippen molar-refractivity contribution in [2.24, 2.45) is 11.7 Å². The maximum atomic E-state index is 13.7. The number of allylic oxidation sites excluding steroid dienone is 1. The van der Waals surface area contributed by atoms with Crippen molar-refractivity contribution in [3.05, 3.63) is 75.5 Å². The first-order valence-corrected chi connectivity index (χ1v) is 14.5. The zero-order chi connectivity index (χ0) is 29.6. The highest BCUT2D eigenvalue weighted by Crippen LogP contribution is 2.41. The molecule has 2 atom stereocenters. The van der Waals surface area contributed by atoms with Gasteiger partial charge in [0, 0.05) is 42.9 Å². The van der Waals surface area contributed by atoms with E-state index < -0.39 is 29.7 Å². The van der Waals surface area contributed by atoms with Crippen molar-refractivity contribution >= 4 is 18.1 Å². The molecule has 232 valence electrons. The van der Waals surface area contributed by atoms with Crippen LogP contribution in [0.3, 0.4) is 0 Å². The van der Waals surface area contributed by atoms with E-state index in [1.54, 1.807) is 13.0 Å². The fraction of sp³-hybridized carbons (Fsp3) is 0.548. The lowest BCUT2D eigenvalue weighted by atomic mass is 10.00. The van der Waals surface area contributed by atoms with E-state index in [1.165, 1.54) is 36.8 Å². The van der Waals surface area contributed by atoms with Gasteiger partial charge in [-0.3, -0.25) is 5.73 Å². The number of hydrogen-bond donors (Lipinski definition) is 1. The highest BCUT2D eigenvalue weighted by molar-refractivity contribution is 5.85. The van der Waals surface area contributed by atoms with Gasteiger partial charge in [-0.25, -0.2) is 0 Å². The van der Waals surface area contributed by atoms with Crippen LogP contribution in [0.25, 0.3) is 0 Å². The zero-order valence-corrected chi connectivity index (χ0v) is 24.8. The normalized spacial score (nSPS) is 22.7. The van der Waals surface area contributed by atoms with Gasteiger partial charge in [-0.2, -0.15) is 31.2 Å². The van der Waals surface area contributed by atoms with Crippen molar-refractivity contribution in [1.29, 1.82) is 0 Å². The Morgan fingerprint density at radius 1 is 0.881 bits per heavy atom. The molecule has 0 amide bonds. The minimum Gasteiger partial charge on any atom is -0.371 e. The van der Waals surface area contributed by atoms with Crippen LogP contribution in [0, 0.1) is 5.92 Å². The molecule has 0 radical (unpaired) electrons. The number of nitrogens with zero attached hydrogens (tertiary/aromatic N) is 2. The van der Waals surface area contributed by atoms with E-state index in [2.05, 4.69) is 24.0 Å². The number of benzene rings is 2. The Kier molecular flexibility index (Phi) is 9.62. The van der Waals surface area contributed by atoms with Gasteiger partial charge in [0.05, 0.1) is 11.1 Å². The molecule has 0 bridgehead atoms. The minimum absolute atomic E-state index is 0. The highest BCUT2D eigenvalue weighted by atomic mass is 35.5. The average molecular weight is 619 g/mol. The largest absolute Gasteiger partial charge is 0.416 e. The van der Waals surface area contributed by atoms with Crippen molar-refractivity contribution < 1.29 is 35.8 Å². The summed E-state index contributed by atoms with van der Waals surface area (Å²) in [5.74, 6) is 0.600. The summed E-state index contributed by atoms with van der Waals surface area (Å²) in [5.41, 5.74) is 8.58. The molecule has 1 aliphatic heterocycles. The van der Waals surface area contributed by atoms with Gasteiger partial charge in [-0.1, -0.05) is 12.8 Å². The van der Waals surface area contributed by atoms with Crippen LogP contribution in [0.15, 0.2) is 42.1 Å². The summed E-state index contributed by atoms with van der Waals surface area (Å²) in [5, 5.41) is 0. The van der Waals surface area contributed by atoms with E-state index in [1.807, 2.05) is 0 Å². The van der Waals surface area contributed by atoms with Crippen LogP contribution in [0.1, 0.15) is 79.3 Å². The third-order valence-electron chi connectivity index (χ3n) is 8.85. The number of rotatable bonds is 8. The quantitative estimate of drug-likeness (QED) is 0.239. The van der Waals surface area contributed by atoms with Gasteiger partial charge in [0.1, 0.15) is 18.8 Å². The van der Waals surface area contributed by atoms with Gasteiger partial charge >= 0.3 is 12.4 Å². The molecule has 1 saturated carbocycles. The van der Waals surface area contributed by atoms with Gasteiger partial charge in [-0.05, 0) is 86.4 Å². The third kappa shape index (κ3) is 6.93. The number of nitrogens with two attached hydrogens (primary N) is 1. The third-order valence-corrected chi connectivity index (χ3v) is 8.85. The average Bonchev–Trinajstić information content (AvgIpc) is 3.62. The fourth-order valence-electron chi connectivity index (χ4n) is 6.77. The predicted molar refractivity (Wildman–Crippen MR) is 152 cm³/mol. The minimum atomic E-state index is -4.93. The second-order valence-corrected chi connectivity index (χ2v) is 11.8. The van der Waals surface area contributed by atoms with Crippen LogP contribution in [-0.4, -0.2) is 24.0 Å². The van der Waals surface area contributed by atoms with Crippen molar-refractivity contribution in [3.8, 4) is 0 Å². The Balaban J connectivity index is 0.00000405. The molecular formula is C31H39ClF6N3O+. The van der Waals surface area contributed by atoms with Gasteiger partial charge in [-0.15, -0.1) is 17.1 Å². The van der Waals surface area contributed by atoms with Gasteiger partial charge in [0.15, 0.2) is 6.23 Å². The highest BCUT2D eigenvalue weighted by Gasteiger charge is 2.44. The Hall–Kier alpha value is -2.27. The number of fused-ring (bicyclic) bond motifs is 1. The number of hydrogen-bond acceptors (Lipinski definition) is 3. The Labute approximate surface area is 249 Å². The number of aryl methyl sites for hydroxylation is 2. The molecule has 2 unspecified atom stereocenters. The topological polar surface area (TPSA) is 38.5 Å². The molecule has 0 saturated heterocycles. The fourth-order valence-corrected chi connectivity index (χ4v) is 6.77. The van der Waals surface area contributed by atoms with E-state index in [0.717, 1.165) is 55.7 Å². The molecule has 1 heterocycles. The molecule has 11 heteroatoms. The zero-order valence-electron chi connectivity index (χ0n) is 24.0. The van der Waals surface area contributed by atoms with Crippen LogP contribution < -0.4 is 10.6 Å². The van der Waals surface area contributed by atoms with Crippen molar-refractivity contribution in [3.63, 3.8) is 0 Å². The summed E-state index contributed by atoms with van der Waals surface area (Å²) < 4.78 is 81.7. The number of hydroxylamine groups is 3. The van der Waals surface area contributed by atoms with Crippen molar-refractivity contribution in [2.45, 2.75) is 90.5 Å². The number of halogens is 7. The van der Waals surface area contributed by atoms with Crippen molar-refractivity contribution in [2.75, 3.05) is 18.0 Å². The Morgan fingerprint density at radius 2 is 1.48 bits per heavy atom. The molecule has 2 aromatic rings. The van der Waals surface area contributed by atoms with E-state index >= 15 is 0 Å². The van der Waals surface area contributed by atoms with Crippen LogP contribution in [0.4, 0.5) is 32.0 Å². The summed E-state index contributed by atoms with van der Waals surface area (Å²) in [7, 11) is 0. The molecule has 1 fully saturated rings. The van der Waals surface area contributed by atoms with E-state index in [-0.39, 0.29) is 41.8 Å². The summed E-state index contributed by atoms with van der Waals surface area (Å²) in [4.78, 5) is 8.56. The first kappa shape index (κ1) is 32.6. The predicted octanol–water partition coefficient (Wildman–Crippen LogP) is 8.30. The molecule has 42 heavy (non-hydrogen) atoms. The second kappa shape index (κ2) is 12.4. The van der Waals surface area contributed by atoms with Gasteiger partial charge in [0.2, 0.25) is 0 Å². The van der Waals surface area contributed by atoms with Crippen LogP contribution >= 0.6 is 12.4 Å². The molecular weight excluding hydrogens is 580 g/mol. The van der Waals surface area contributed by atoms with Crippen molar-refractivity contribution in [1.82, 2.24) is 0 Å².